The molecule has 2 unspecified atom stereocenters. The molecule has 1 fully saturated rings. The zero-order chi connectivity index (χ0) is 14.0. The van der Waals surface area contributed by atoms with Gasteiger partial charge in [-0.1, -0.05) is 0 Å². The Balaban J connectivity index is 2.16. The van der Waals surface area contributed by atoms with Gasteiger partial charge in [-0.25, -0.2) is 9.18 Å². The van der Waals surface area contributed by atoms with Gasteiger partial charge in [0, 0.05) is 6.54 Å². The largest absolute Gasteiger partial charge is 0.478 e. The van der Waals surface area contributed by atoms with E-state index in [0.29, 0.717) is 6.54 Å². The van der Waals surface area contributed by atoms with Crippen LogP contribution in [0.4, 0.5) is 10.1 Å². The smallest absolute Gasteiger partial charge is 0.337 e. The Morgan fingerprint density at radius 1 is 1.42 bits per heavy atom. The van der Waals surface area contributed by atoms with E-state index in [2.05, 4.69) is 10.6 Å². The van der Waals surface area contributed by atoms with Gasteiger partial charge in [0.15, 0.2) is 0 Å². The lowest BCUT2D eigenvalue weighted by molar-refractivity contribution is -0.117. The van der Waals surface area contributed by atoms with Crippen LogP contribution >= 0.6 is 0 Å². The number of amides is 1. The molecule has 1 heterocycles. The van der Waals surface area contributed by atoms with E-state index < -0.39 is 29.8 Å². The van der Waals surface area contributed by atoms with Crippen LogP contribution in [0.25, 0.3) is 0 Å². The second-order valence-electron chi connectivity index (χ2n) is 4.33. The van der Waals surface area contributed by atoms with Crippen LogP contribution in [0, 0.1) is 5.82 Å². The molecule has 0 spiro atoms. The summed E-state index contributed by atoms with van der Waals surface area (Å²) in [5.74, 6) is -2.39. The first-order chi connectivity index (χ1) is 8.97. The summed E-state index contributed by atoms with van der Waals surface area (Å²) >= 11 is 0. The van der Waals surface area contributed by atoms with Crippen LogP contribution in [0.5, 0.6) is 0 Å². The van der Waals surface area contributed by atoms with E-state index in [0.717, 1.165) is 18.2 Å². The Morgan fingerprint density at radius 3 is 2.74 bits per heavy atom. The zero-order valence-electron chi connectivity index (χ0n) is 9.89. The third kappa shape index (κ3) is 3.07. The van der Waals surface area contributed by atoms with Gasteiger partial charge in [0.05, 0.1) is 23.4 Å². The molecule has 6 nitrogen and oxygen atoms in total. The lowest BCUT2D eigenvalue weighted by Crippen LogP contribution is -2.35. The highest BCUT2D eigenvalue weighted by Gasteiger charge is 2.28. The summed E-state index contributed by atoms with van der Waals surface area (Å²) in [6.07, 6.45) is -0.369. The van der Waals surface area contributed by atoms with Crippen LogP contribution in [0.3, 0.4) is 0 Å². The van der Waals surface area contributed by atoms with Crippen molar-refractivity contribution in [2.75, 3.05) is 11.9 Å². The van der Waals surface area contributed by atoms with Gasteiger partial charge in [0.1, 0.15) is 5.82 Å². The first-order valence-corrected chi connectivity index (χ1v) is 5.72. The number of carboxylic acid groups (broad SMARTS) is 1. The van der Waals surface area contributed by atoms with Crippen LogP contribution in [0.1, 0.15) is 16.8 Å². The quantitative estimate of drug-likeness (QED) is 0.627. The molecule has 0 aliphatic carbocycles. The topological polar surface area (TPSA) is 98.7 Å². The van der Waals surface area contributed by atoms with Crippen molar-refractivity contribution in [2.24, 2.45) is 0 Å². The molecule has 1 aromatic rings. The number of rotatable bonds is 3. The average Bonchev–Trinajstić information content (AvgIpc) is 2.75. The number of carbonyl (C=O) groups excluding carboxylic acids is 1. The van der Waals surface area contributed by atoms with Crippen molar-refractivity contribution in [1.82, 2.24) is 5.32 Å². The number of hydrogen-bond acceptors (Lipinski definition) is 4. The van der Waals surface area contributed by atoms with Crippen LogP contribution in [-0.2, 0) is 4.79 Å². The minimum absolute atomic E-state index is 0.0966. The van der Waals surface area contributed by atoms with Gasteiger partial charge in [-0.3, -0.25) is 4.79 Å². The van der Waals surface area contributed by atoms with E-state index in [-0.39, 0.29) is 17.7 Å². The Kier molecular flexibility index (Phi) is 3.77. The minimum atomic E-state index is -1.25. The van der Waals surface area contributed by atoms with Gasteiger partial charge in [-0.05, 0) is 24.6 Å². The summed E-state index contributed by atoms with van der Waals surface area (Å²) in [5, 5.41) is 23.4. The number of aromatic carboxylic acids is 1. The van der Waals surface area contributed by atoms with Crippen LogP contribution < -0.4 is 10.6 Å². The molecule has 0 saturated carbocycles. The predicted molar refractivity (Wildman–Crippen MR) is 64.4 cm³/mol. The number of β-amino-alcohol motifs (C(OH)–C–C–N with tert-alkyl or cyclic N) is 1. The second kappa shape index (κ2) is 5.33. The van der Waals surface area contributed by atoms with Crippen molar-refractivity contribution < 1.29 is 24.2 Å². The molecule has 1 saturated heterocycles. The van der Waals surface area contributed by atoms with Crippen molar-refractivity contribution in [1.29, 1.82) is 0 Å². The number of halogens is 1. The number of aliphatic hydroxyl groups excluding tert-OH is 1. The third-order valence-corrected chi connectivity index (χ3v) is 2.89. The minimum Gasteiger partial charge on any atom is -0.478 e. The van der Waals surface area contributed by atoms with E-state index in [1.54, 1.807) is 0 Å². The number of aliphatic hydroxyl groups is 1. The Bertz CT molecular complexity index is 520. The molecule has 1 aromatic carbocycles. The lowest BCUT2D eigenvalue weighted by Gasteiger charge is -2.12. The molecule has 0 aromatic heterocycles. The molecule has 2 atom stereocenters. The standard InChI is InChI=1S/C12H13FN2O4/c13-6-1-2-8(12(18)19)9(3-6)15-11(17)10-4-7(16)5-14-10/h1-3,7,10,14,16H,4-5H2,(H,15,17)(H,18,19). The summed E-state index contributed by atoms with van der Waals surface area (Å²) in [6, 6.07) is 2.44. The molecular formula is C12H13FN2O4. The zero-order valence-corrected chi connectivity index (χ0v) is 9.89. The van der Waals surface area contributed by atoms with Crippen molar-refractivity contribution in [3.8, 4) is 0 Å². The summed E-state index contributed by atoms with van der Waals surface area (Å²) in [7, 11) is 0. The maximum absolute atomic E-state index is 13.1. The number of hydrogen-bond donors (Lipinski definition) is 4. The number of carbonyl (C=O) groups is 2. The number of benzene rings is 1. The Morgan fingerprint density at radius 2 is 2.16 bits per heavy atom. The SMILES string of the molecule is O=C(O)c1ccc(F)cc1NC(=O)C1CC(O)CN1. The molecular weight excluding hydrogens is 255 g/mol. The first kappa shape index (κ1) is 13.4. The van der Waals surface area contributed by atoms with Crippen LogP contribution in [0.2, 0.25) is 0 Å². The van der Waals surface area contributed by atoms with E-state index in [4.69, 9.17) is 5.11 Å². The first-order valence-electron chi connectivity index (χ1n) is 5.72. The highest BCUT2D eigenvalue weighted by atomic mass is 19.1. The van der Waals surface area contributed by atoms with Crippen molar-refractivity contribution in [3.63, 3.8) is 0 Å². The molecule has 102 valence electrons. The molecule has 4 N–H and O–H groups in total. The molecule has 1 amide bonds. The maximum atomic E-state index is 13.1. The monoisotopic (exact) mass is 268 g/mol. The third-order valence-electron chi connectivity index (χ3n) is 2.89. The molecule has 0 bridgehead atoms. The fraction of sp³-hybridized carbons (Fsp3) is 0.333. The molecule has 2 rings (SSSR count). The van der Waals surface area contributed by atoms with Crippen molar-refractivity contribution in [2.45, 2.75) is 18.6 Å². The van der Waals surface area contributed by atoms with Gasteiger partial charge in [-0.15, -0.1) is 0 Å². The molecule has 1 aliphatic heterocycles. The summed E-state index contributed by atoms with van der Waals surface area (Å²) in [5.41, 5.74) is -0.283. The highest BCUT2D eigenvalue weighted by molar-refractivity contribution is 6.02. The van der Waals surface area contributed by atoms with Gasteiger partial charge < -0.3 is 20.8 Å². The van der Waals surface area contributed by atoms with E-state index in [1.807, 2.05) is 0 Å². The average molecular weight is 268 g/mol. The van der Waals surface area contributed by atoms with Crippen molar-refractivity contribution >= 4 is 17.6 Å². The van der Waals surface area contributed by atoms with E-state index >= 15 is 0 Å². The molecule has 1 aliphatic rings. The van der Waals surface area contributed by atoms with E-state index in [1.165, 1.54) is 0 Å². The van der Waals surface area contributed by atoms with Crippen LogP contribution in [0.15, 0.2) is 18.2 Å². The normalized spacial score (nSPS) is 22.2. The number of carboxylic acids is 1. The maximum Gasteiger partial charge on any atom is 0.337 e. The molecule has 0 radical (unpaired) electrons. The predicted octanol–water partition coefficient (Wildman–Crippen LogP) is 0.185. The Hall–Kier alpha value is -1.99. The van der Waals surface area contributed by atoms with Crippen molar-refractivity contribution in [3.05, 3.63) is 29.6 Å². The van der Waals surface area contributed by atoms with Gasteiger partial charge in [-0.2, -0.15) is 0 Å². The fourth-order valence-electron chi connectivity index (χ4n) is 1.94. The number of anilines is 1. The second-order valence-corrected chi connectivity index (χ2v) is 4.33. The van der Waals surface area contributed by atoms with Gasteiger partial charge >= 0.3 is 5.97 Å². The number of nitrogens with one attached hydrogen (secondary N) is 2. The fourth-order valence-corrected chi connectivity index (χ4v) is 1.94. The molecule has 19 heavy (non-hydrogen) atoms. The Labute approximate surface area is 108 Å². The molecule has 7 heteroatoms. The van der Waals surface area contributed by atoms with Crippen LogP contribution in [-0.4, -0.2) is 40.8 Å². The summed E-state index contributed by atoms with van der Waals surface area (Å²) in [4.78, 5) is 22.8. The van der Waals surface area contributed by atoms with Gasteiger partial charge in [0.25, 0.3) is 0 Å². The van der Waals surface area contributed by atoms with E-state index in [9.17, 15) is 19.1 Å². The summed E-state index contributed by atoms with van der Waals surface area (Å²) < 4.78 is 13.1. The highest BCUT2D eigenvalue weighted by Crippen LogP contribution is 2.18. The summed E-state index contributed by atoms with van der Waals surface area (Å²) in [6.45, 7) is 0.299. The van der Waals surface area contributed by atoms with Gasteiger partial charge in [0.2, 0.25) is 5.91 Å². The lowest BCUT2D eigenvalue weighted by atomic mass is 10.1.